The normalized spacial score (nSPS) is 14.3. The van der Waals surface area contributed by atoms with E-state index in [1.807, 2.05) is 6.08 Å². The maximum atomic E-state index is 12.3. The third kappa shape index (κ3) is 38.0. The Bertz CT molecular complexity index is 1080. The van der Waals surface area contributed by atoms with Crippen molar-refractivity contribution in [2.45, 2.75) is 167 Å². The van der Waals surface area contributed by atoms with E-state index in [-0.39, 0.29) is 12.5 Å². The zero-order chi connectivity index (χ0) is 37.8. The van der Waals surface area contributed by atoms with Gasteiger partial charge in [-0.05, 0) is 83.5 Å². The summed E-state index contributed by atoms with van der Waals surface area (Å²) in [6.07, 6.45) is 65.8. The van der Waals surface area contributed by atoms with E-state index < -0.39 is 12.1 Å². The molecule has 0 saturated heterocycles. The van der Waals surface area contributed by atoms with Gasteiger partial charge < -0.3 is 15.5 Å². The molecule has 0 bridgehead atoms. The third-order valence-corrected chi connectivity index (χ3v) is 8.45. The van der Waals surface area contributed by atoms with Gasteiger partial charge in [-0.1, -0.05) is 187 Å². The van der Waals surface area contributed by atoms with Crippen LogP contribution in [-0.2, 0) is 4.79 Å². The average Bonchev–Trinajstić information content (AvgIpc) is 3.15. The number of nitrogens with one attached hydrogen (secondary N) is 1. The average molecular weight is 716 g/mol. The molecule has 2 unspecified atom stereocenters. The quantitative estimate of drug-likeness (QED) is 0.0452. The summed E-state index contributed by atoms with van der Waals surface area (Å²) < 4.78 is 0. The number of aliphatic hydroxyl groups excluding tert-OH is 2. The zero-order valence-corrected chi connectivity index (χ0v) is 33.3. The first-order valence-electron chi connectivity index (χ1n) is 20.7. The standard InChI is InChI=1S/C48H77NO3/c1-3-5-7-9-11-13-15-16-17-18-19-20-21-22-23-24-25-26-27-28-29-30-31-32-34-36-38-40-42-44-48(52)49-46(45-50)47(51)43-41-39-37-35-33-14-12-10-8-6-4-2/h5,7,11,13,16-17,19-20,22-23,25-26,28-29,31-32,36,38,41,43,46-47,50-51H,3-4,6,8-10,12,14-15,18,21,24,27,30,33-35,37,39-40,42,44-45H2,1-2H3,(H,49,52)/b7-5-,13-11-,17-16-,20-19-,23-22-,26-25-,29-28-,32-31-,38-36-,43-41+. The van der Waals surface area contributed by atoms with Crippen LogP contribution in [0.2, 0.25) is 0 Å². The molecule has 2 atom stereocenters. The van der Waals surface area contributed by atoms with Crippen molar-refractivity contribution in [3.63, 3.8) is 0 Å². The molecule has 0 aliphatic carbocycles. The van der Waals surface area contributed by atoms with Crippen LogP contribution in [0.1, 0.15) is 155 Å². The highest BCUT2D eigenvalue weighted by molar-refractivity contribution is 5.76. The second-order valence-electron chi connectivity index (χ2n) is 13.3. The van der Waals surface area contributed by atoms with Crippen LogP contribution in [0.4, 0.5) is 0 Å². The van der Waals surface area contributed by atoms with Crippen molar-refractivity contribution in [2.75, 3.05) is 6.61 Å². The molecule has 0 saturated carbocycles. The number of aliphatic hydroxyl groups is 2. The summed E-state index contributed by atoms with van der Waals surface area (Å²) in [4.78, 5) is 12.3. The molecule has 52 heavy (non-hydrogen) atoms. The van der Waals surface area contributed by atoms with Gasteiger partial charge in [0.25, 0.3) is 0 Å². The Morgan fingerprint density at radius 3 is 1.25 bits per heavy atom. The fraction of sp³-hybridized carbons (Fsp3) is 0.562. The molecule has 0 radical (unpaired) electrons. The van der Waals surface area contributed by atoms with Gasteiger partial charge in [-0.3, -0.25) is 4.79 Å². The number of allylic oxidation sites excluding steroid dienone is 19. The largest absolute Gasteiger partial charge is 0.394 e. The fourth-order valence-corrected chi connectivity index (χ4v) is 5.29. The second kappa shape index (κ2) is 42.2. The molecule has 4 heteroatoms. The van der Waals surface area contributed by atoms with Gasteiger partial charge in [0.05, 0.1) is 18.8 Å². The Labute approximate surface area is 320 Å². The van der Waals surface area contributed by atoms with Crippen molar-refractivity contribution in [2.24, 2.45) is 0 Å². The molecule has 1 amide bonds. The minimum absolute atomic E-state index is 0.130. The Kier molecular flexibility index (Phi) is 39.6. The Morgan fingerprint density at radius 2 is 0.846 bits per heavy atom. The van der Waals surface area contributed by atoms with Crippen LogP contribution in [-0.4, -0.2) is 34.9 Å². The van der Waals surface area contributed by atoms with E-state index in [0.29, 0.717) is 6.42 Å². The Hall–Kier alpha value is -3.21. The molecule has 0 aromatic carbocycles. The molecule has 0 rings (SSSR count). The molecule has 4 nitrogen and oxygen atoms in total. The molecule has 0 aliphatic heterocycles. The minimum atomic E-state index is -0.870. The second-order valence-corrected chi connectivity index (χ2v) is 13.3. The van der Waals surface area contributed by atoms with Crippen LogP contribution in [0.25, 0.3) is 0 Å². The number of rotatable bonds is 35. The number of amides is 1. The first-order valence-corrected chi connectivity index (χ1v) is 20.7. The Morgan fingerprint density at radius 1 is 0.481 bits per heavy atom. The lowest BCUT2D eigenvalue weighted by Gasteiger charge is -2.19. The zero-order valence-electron chi connectivity index (χ0n) is 33.3. The highest BCUT2D eigenvalue weighted by Gasteiger charge is 2.17. The summed E-state index contributed by atoms with van der Waals surface area (Å²) in [6, 6.07) is -0.660. The molecular weight excluding hydrogens is 639 g/mol. The SMILES string of the molecule is CC/C=C\C/C=C\C/C=C\C/C=C\C/C=C\C/C=C\C/C=C\C/C=C\C/C=C\CCCC(=O)NC(CO)C(O)/C=C/CCCCCCCCCCC. The highest BCUT2D eigenvalue weighted by atomic mass is 16.3. The summed E-state index contributed by atoms with van der Waals surface area (Å²) in [5.41, 5.74) is 0. The van der Waals surface area contributed by atoms with Gasteiger partial charge in [0.1, 0.15) is 0 Å². The lowest BCUT2D eigenvalue weighted by molar-refractivity contribution is -0.122. The van der Waals surface area contributed by atoms with E-state index in [0.717, 1.165) is 83.5 Å². The van der Waals surface area contributed by atoms with Crippen LogP contribution in [0, 0.1) is 0 Å². The first-order chi connectivity index (χ1) is 25.7. The number of hydrogen-bond donors (Lipinski definition) is 3. The molecule has 0 aromatic heterocycles. The van der Waals surface area contributed by atoms with E-state index in [1.54, 1.807) is 6.08 Å². The van der Waals surface area contributed by atoms with Crippen LogP contribution in [0.3, 0.4) is 0 Å². The van der Waals surface area contributed by atoms with E-state index >= 15 is 0 Å². The van der Waals surface area contributed by atoms with Crippen LogP contribution >= 0.6 is 0 Å². The highest BCUT2D eigenvalue weighted by Crippen LogP contribution is 2.11. The first kappa shape index (κ1) is 48.8. The summed E-state index contributed by atoms with van der Waals surface area (Å²) in [5.74, 6) is -0.130. The van der Waals surface area contributed by atoms with Crippen molar-refractivity contribution in [3.8, 4) is 0 Å². The molecule has 0 heterocycles. The lowest BCUT2D eigenvalue weighted by atomic mass is 10.1. The van der Waals surface area contributed by atoms with E-state index in [9.17, 15) is 15.0 Å². The molecule has 0 aromatic rings. The molecule has 0 aliphatic rings. The van der Waals surface area contributed by atoms with Crippen LogP contribution < -0.4 is 5.32 Å². The van der Waals surface area contributed by atoms with Gasteiger partial charge in [-0.2, -0.15) is 0 Å². The van der Waals surface area contributed by atoms with E-state index in [4.69, 9.17) is 0 Å². The molecular formula is C48H77NO3. The lowest BCUT2D eigenvalue weighted by Crippen LogP contribution is -2.45. The number of hydrogen-bond acceptors (Lipinski definition) is 3. The van der Waals surface area contributed by atoms with Gasteiger partial charge in [0.15, 0.2) is 0 Å². The molecule has 0 fully saturated rings. The predicted octanol–water partition coefficient (Wildman–Crippen LogP) is 13.0. The number of unbranched alkanes of at least 4 members (excludes halogenated alkanes) is 10. The van der Waals surface area contributed by atoms with Crippen molar-refractivity contribution >= 4 is 5.91 Å². The van der Waals surface area contributed by atoms with Crippen molar-refractivity contribution in [1.29, 1.82) is 0 Å². The van der Waals surface area contributed by atoms with Crippen molar-refractivity contribution in [3.05, 3.63) is 122 Å². The monoisotopic (exact) mass is 716 g/mol. The summed E-state index contributed by atoms with van der Waals surface area (Å²) in [7, 11) is 0. The number of carbonyl (C=O) groups is 1. The van der Waals surface area contributed by atoms with Gasteiger partial charge in [0.2, 0.25) is 5.91 Å². The van der Waals surface area contributed by atoms with Crippen molar-refractivity contribution < 1.29 is 15.0 Å². The van der Waals surface area contributed by atoms with Crippen molar-refractivity contribution in [1.82, 2.24) is 5.32 Å². The summed E-state index contributed by atoms with van der Waals surface area (Å²) in [6.45, 7) is 4.13. The molecule has 3 N–H and O–H groups in total. The van der Waals surface area contributed by atoms with E-state index in [1.165, 1.54) is 51.4 Å². The van der Waals surface area contributed by atoms with Gasteiger partial charge in [-0.15, -0.1) is 0 Å². The van der Waals surface area contributed by atoms with Gasteiger partial charge >= 0.3 is 0 Å². The molecule has 292 valence electrons. The van der Waals surface area contributed by atoms with Crippen LogP contribution in [0.5, 0.6) is 0 Å². The third-order valence-electron chi connectivity index (χ3n) is 8.45. The van der Waals surface area contributed by atoms with Crippen LogP contribution in [0.15, 0.2) is 122 Å². The fourth-order valence-electron chi connectivity index (χ4n) is 5.29. The number of carbonyl (C=O) groups excluding carboxylic acids is 1. The topological polar surface area (TPSA) is 69.6 Å². The van der Waals surface area contributed by atoms with Gasteiger partial charge in [0, 0.05) is 6.42 Å². The van der Waals surface area contributed by atoms with Gasteiger partial charge in [-0.25, -0.2) is 0 Å². The minimum Gasteiger partial charge on any atom is -0.394 e. The summed E-state index contributed by atoms with van der Waals surface area (Å²) >= 11 is 0. The predicted molar refractivity (Wildman–Crippen MR) is 229 cm³/mol. The van der Waals surface area contributed by atoms with E-state index in [2.05, 4.69) is 129 Å². The maximum Gasteiger partial charge on any atom is 0.220 e. The smallest absolute Gasteiger partial charge is 0.220 e. The molecule has 0 spiro atoms. The Balaban J connectivity index is 3.80. The summed E-state index contributed by atoms with van der Waals surface area (Å²) in [5, 5.41) is 22.8. The maximum absolute atomic E-state index is 12.3.